The monoisotopic (exact) mass is 530 g/mol. The molecule has 1 saturated heterocycles. The van der Waals surface area contributed by atoms with E-state index in [1.807, 2.05) is 30.5 Å². The Labute approximate surface area is 232 Å². The quantitative estimate of drug-likeness (QED) is 0.362. The average Bonchev–Trinajstić information content (AvgIpc) is 3.05. The van der Waals surface area contributed by atoms with Gasteiger partial charge in [0.1, 0.15) is 12.4 Å². The molecule has 200 valence electrons. The molecule has 0 unspecified atom stereocenters. The van der Waals surface area contributed by atoms with Gasteiger partial charge in [0.05, 0.1) is 5.60 Å². The molecule has 0 bridgehead atoms. The van der Waals surface area contributed by atoms with Crippen LogP contribution in [0.2, 0.25) is 5.02 Å². The van der Waals surface area contributed by atoms with Gasteiger partial charge < -0.3 is 14.7 Å². The fourth-order valence-corrected chi connectivity index (χ4v) is 5.80. The number of halogens is 1. The molecule has 2 aliphatic rings. The topological polar surface area (TPSA) is 45.6 Å². The first kappa shape index (κ1) is 26.9. The smallest absolute Gasteiger partial charge is 0.120 e. The van der Waals surface area contributed by atoms with E-state index >= 15 is 0 Å². The Morgan fingerprint density at radius 2 is 1.82 bits per heavy atom. The van der Waals surface area contributed by atoms with Crippen LogP contribution in [0, 0.1) is 0 Å². The standard InChI is InChI=1S/C33H39ClN2O2/c1-32(2,37)23-38-27-14-8-24-9-15-31-29(6-4-18-35-31)28(30(24)22-27)7-5-19-36-20-16-33(3,17-21-36)25-10-12-26(34)13-11-25/h4,6-8,10-14,18,22,37H,5,9,15-17,19-21,23H2,1-3H3/b28-7-. The summed E-state index contributed by atoms with van der Waals surface area (Å²) in [6.45, 7) is 9.43. The summed E-state index contributed by atoms with van der Waals surface area (Å²) in [5.41, 5.74) is 6.90. The van der Waals surface area contributed by atoms with Crippen LogP contribution in [0.25, 0.3) is 5.57 Å². The van der Waals surface area contributed by atoms with Crippen LogP contribution < -0.4 is 4.74 Å². The third-order valence-electron chi connectivity index (χ3n) is 8.07. The van der Waals surface area contributed by atoms with Gasteiger partial charge >= 0.3 is 0 Å². The third-order valence-corrected chi connectivity index (χ3v) is 8.32. The second kappa shape index (κ2) is 11.2. The average molecular weight is 531 g/mol. The number of aliphatic hydroxyl groups is 1. The lowest BCUT2D eigenvalue weighted by molar-refractivity contribution is 0.0285. The van der Waals surface area contributed by atoms with E-state index in [0.717, 1.165) is 68.2 Å². The lowest BCUT2D eigenvalue weighted by atomic mass is 9.74. The van der Waals surface area contributed by atoms with Crippen LogP contribution in [0.5, 0.6) is 5.75 Å². The van der Waals surface area contributed by atoms with Gasteiger partial charge in [-0.3, -0.25) is 4.98 Å². The first-order valence-corrected chi connectivity index (χ1v) is 14.2. The van der Waals surface area contributed by atoms with E-state index < -0.39 is 5.60 Å². The predicted octanol–water partition coefficient (Wildman–Crippen LogP) is 6.86. The van der Waals surface area contributed by atoms with E-state index in [9.17, 15) is 5.11 Å². The minimum Gasteiger partial charge on any atom is -0.491 e. The largest absolute Gasteiger partial charge is 0.491 e. The molecule has 1 fully saturated rings. The summed E-state index contributed by atoms with van der Waals surface area (Å²) in [5.74, 6) is 0.793. The van der Waals surface area contributed by atoms with E-state index in [2.05, 4.69) is 48.2 Å². The number of hydrogen-bond acceptors (Lipinski definition) is 4. The third kappa shape index (κ3) is 6.31. The Hall–Kier alpha value is -2.66. The first-order chi connectivity index (χ1) is 18.2. The van der Waals surface area contributed by atoms with E-state index in [-0.39, 0.29) is 12.0 Å². The minimum atomic E-state index is -0.875. The molecule has 2 aromatic carbocycles. The number of likely N-dealkylation sites (tertiary alicyclic amines) is 1. The van der Waals surface area contributed by atoms with Crippen molar-refractivity contribution in [3.63, 3.8) is 0 Å². The first-order valence-electron chi connectivity index (χ1n) is 13.8. The van der Waals surface area contributed by atoms with Crippen LogP contribution in [0.3, 0.4) is 0 Å². The predicted molar refractivity (Wildman–Crippen MR) is 156 cm³/mol. The van der Waals surface area contributed by atoms with Crippen molar-refractivity contribution in [1.82, 2.24) is 9.88 Å². The number of piperidine rings is 1. The van der Waals surface area contributed by atoms with E-state index in [0.29, 0.717) is 0 Å². The highest BCUT2D eigenvalue weighted by atomic mass is 35.5. The van der Waals surface area contributed by atoms with E-state index in [4.69, 9.17) is 21.3 Å². The van der Waals surface area contributed by atoms with Gasteiger partial charge in [-0.05, 0) is 117 Å². The molecule has 4 nitrogen and oxygen atoms in total. The fraction of sp³-hybridized carbons (Fsp3) is 0.424. The number of aryl methyl sites for hydroxylation is 2. The summed E-state index contributed by atoms with van der Waals surface area (Å²) in [7, 11) is 0. The van der Waals surface area contributed by atoms with Gasteiger partial charge in [0, 0.05) is 29.0 Å². The lowest BCUT2D eigenvalue weighted by Crippen LogP contribution is -2.41. The lowest BCUT2D eigenvalue weighted by Gasteiger charge is -2.40. The molecule has 5 heteroatoms. The SMILES string of the molecule is CC(C)(O)COc1ccc2c(c1)/C(=C\CCN1CCC(C)(c3ccc(Cl)cc3)CC1)c1cccnc1CC2. The molecular weight excluding hydrogens is 492 g/mol. The van der Waals surface area contributed by atoms with Gasteiger partial charge in [0.2, 0.25) is 0 Å². The Morgan fingerprint density at radius 1 is 1.05 bits per heavy atom. The molecule has 2 heterocycles. The summed E-state index contributed by atoms with van der Waals surface area (Å²) >= 11 is 6.12. The van der Waals surface area contributed by atoms with Crippen LogP contribution in [0.1, 0.15) is 68.0 Å². The minimum absolute atomic E-state index is 0.212. The zero-order valence-corrected chi connectivity index (χ0v) is 23.6. The van der Waals surface area contributed by atoms with Crippen molar-refractivity contribution in [2.45, 2.75) is 63.9 Å². The van der Waals surface area contributed by atoms with Crippen molar-refractivity contribution in [2.75, 3.05) is 26.2 Å². The van der Waals surface area contributed by atoms with Crippen molar-refractivity contribution in [3.05, 3.63) is 99.8 Å². The van der Waals surface area contributed by atoms with Gasteiger partial charge in [-0.25, -0.2) is 0 Å². The molecule has 0 saturated carbocycles. The maximum absolute atomic E-state index is 10.1. The van der Waals surface area contributed by atoms with Crippen LogP contribution >= 0.6 is 11.6 Å². The summed E-state index contributed by atoms with van der Waals surface area (Å²) in [5, 5.41) is 10.9. The van der Waals surface area contributed by atoms with Crippen LogP contribution in [-0.2, 0) is 18.3 Å². The van der Waals surface area contributed by atoms with Crippen molar-refractivity contribution in [2.24, 2.45) is 0 Å². The number of hydrogen-bond donors (Lipinski definition) is 1. The summed E-state index contributed by atoms with van der Waals surface area (Å²) in [4.78, 5) is 7.32. The molecule has 0 spiro atoms. The second-order valence-electron chi connectivity index (χ2n) is 11.7. The van der Waals surface area contributed by atoms with Gasteiger partial charge in [-0.2, -0.15) is 0 Å². The molecule has 1 aromatic heterocycles. The molecule has 3 aromatic rings. The normalized spacial score (nSPS) is 18.5. The number of nitrogens with zero attached hydrogens (tertiary/aromatic N) is 2. The Balaban J connectivity index is 1.32. The molecule has 1 aliphatic carbocycles. The fourth-order valence-electron chi connectivity index (χ4n) is 5.68. The number of rotatable bonds is 7. The van der Waals surface area contributed by atoms with Gasteiger partial charge in [0.15, 0.2) is 0 Å². The summed E-state index contributed by atoms with van der Waals surface area (Å²) in [6, 6.07) is 19.0. The maximum atomic E-state index is 10.1. The van der Waals surface area contributed by atoms with Crippen molar-refractivity contribution < 1.29 is 9.84 Å². The number of fused-ring (bicyclic) bond motifs is 2. The van der Waals surface area contributed by atoms with Crippen LogP contribution in [0.15, 0.2) is 66.9 Å². The number of benzene rings is 2. The Bertz CT molecular complexity index is 1290. The van der Waals surface area contributed by atoms with Gasteiger partial charge in [-0.15, -0.1) is 0 Å². The van der Waals surface area contributed by atoms with Crippen LogP contribution in [0.4, 0.5) is 0 Å². The zero-order valence-electron chi connectivity index (χ0n) is 22.8. The molecule has 1 N–H and O–H groups in total. The molecule has 0 atom stereocenters. The Kier molecular flexibility index (Phi) is 7.95. The molecule has 1 aliphatic heterocycles. The second-order valence-corrected chi connectivity index (χ2v) is 12.2. The number of aromatic nitrogens is 1. The van der Waals surface area contributed by atoms with Crippen LogP contribution in [-0.4, -0.2) is 46.8 Å². The van der Waals surface area contributed by atoms with Gasteiger partial charge in [0.25, 0.3) is 0 Å². The molecule has 38 heavy (non-hydrogen) atoms. The highest BCUT2D eigenvalue weighted by molar-refractivity contribution is 6.30. The molecular formula is C33H39ClN2O2. The van der Waals surface area contributed by atoms with Crippen molar-refractivity contribution in [1.29, 1.82) is 0 Å². The number of ether oxygens (including phenoxy) is 1. The molecule has 0 radical (unpaired) electrons. The molecule has 5 rings (SSSR count). The molecule has 0 amide bonds. The van der Waals surface area contributed by atoms with E-state index in [1.165, 1.54) is 27.8 Å². The zero-order chi connectivity index (χ0) is 26.8. The maximum Gasteiger partial charge on any atom is 0.120 e. The van der Waals surface area contributed by atoms with E-state index in [1.54, 1.807) is 13.8 Å². The highest BCUT2D eigenvalue weighted by Crippen LogP contribution is 2.37. The summed E-state index contributed by atoms with van der Waals surface area (Å²) in [6.07, 6.45) is 9.48. The Morgan fingerprint density at radius 3 is 2.55 bits per heavy atom. The van der Waals surface area contributed by atoms with Gasteiger partial charge in [-0.1, -0.05) is 48.9 Å². The summed E-state index contributed by atoms with van der Waals surface area (Å²) < 4.78 is 5.97. The van der Waals surface area contributed by atoms with Crippen molar-refractivity contribution >= 4 is 17.2 Å². The van der Waals surface area contributed by atoms with Crippen molar-refractivity contribution in [3.8, 4) is 5.75 Å². The number of pyridine rings is 1. The highest BCUT2D eigenvalue weighted by Gasteiger charge is 2.31.